The van der Waals surface area contributed by atoms with E-state index in [9.17, 15) is 18.8 Å². The molecule has 0 aliphatic carbocycles. The smallest absolute Gasteiger partial charge is 0.261 e. The Balaban J connectivity index is 1.63. The predicted molar refractivity (Wildman–Crippen MR) is 127 cm³/mol. The lowest BCUT2D eigenvalue weighted by Crippen LogP contribution is -2.28. The van der Waals surface area contributed by atoms with Gasteiger partial charge in [0, 0.05) is 36.7 Å². The van der Waals surface area contributed by atoms with Crippen LogP contribution in [0.2, 0.25) is 0 Å². The van der Waals surface area contributed by atoms with Gasteiger partial charge in [-0.05, 0) is 56.5 Å². The molecule has 9 heteroatoms. The zero-order valence-corrected chi connectivity index (χ0v) is 18.9. The van der Waals surface area contributed by atoms with Gasteiger partial charge in [-0.1, -0.05) is 12.1 Å². The van der Waals surface area contributed by atoms with Crippen LogP contribution in [0.5, 0.6) is 0 Å². The van der Waals surface area contributed by atoms with Crippen molar-refractivity contribution in [2.45, 2.75) is 44.8 Å². The third-order valence-electron chi connectivity index (χ3n) is 6.51. The van der Waals surface area contributed by atoms with Gasteiger partial charge in [-0.3, -0.25) is 19.7 Å². The fourth-order valence-electron chi connectivity index (χ4n) is 4.72. The summed E-state index contributed by atoms with van der Waals surface area (Å²) in [5.41, 5.74) is 2.66. The van der Waals surface area contributed by atoms with Crippen LogP contribution >= 0.6 is 0 Å². The second-order valence-corrected chi connectivity index (χ2v) is 8.83. The molecule has 1 unspecified atom stereocenters. The monoisotopic (exact) mass is 463 g/mol. The summed E-state index contributed by atoms with van der Waals surface area (Å²) in [6.45, 7) is 2.86. The second kappa shape index (κ2) is 8.89. The minimum atomic E-state index is -1.50. The molecule has 2 atom stereocenters. The average molecular weight is 464 g/mol. The maximum absolute atomic E-state index is 14.0. The molecule has 2 aliphatic rings. The van der Waals surface area contributed by atoms with Crippen molar-refractivity contribution in [1.82, 2.24) is 14.9 Å². The van der Waals surface area contributed by atoms with E-state index in [-0.39, 0.29) is 18.4 Å². The van der Waals surface area contributed by atoms with E-state index in [0.717, 1.165) is 19.3 Å². The van der Waals surface area contributed by atoms with Crippen LogP contribution in [0.25, 0.3) is 11.0 Å². The van der Waals surface area contributed by atoms with E-state index in [4.69, 9.17) is 0 Å². The van der Waals surface area contributed by atoms with E-state index in [1.54, 1.807) is 36.4 Å². The quantitative estimate of drug-likeness (QED) is 0.573. The standard InChI is InChI=1S/C25H26FN5O3/c1-15-6-2-3-12-27-22(32)16-7-4-8-17(14-16)23(33)29-25-28-19-9-5-10-20(21(19)31(15)25)30-13-11-18(26)24(30)34/h4-5,7-10,14-15,18H,2-3,6,11-13H2,1H3,(H,27,32)(H,28,29,33)/t15-,18?/m0/s1. The molecular formula is C25H26FN5O3. The van der Waals surface area contributed by atoms with Gasteiger partial charge < -0.3 is 14.8 Å². The van der Waals surface area contributed by atoms with Crippen molar-refractivity contribution in [1.29, 1.82) is 0 Å². The maximum Gasteiger partial charge on any atom is 0.261 e. The molecule has 8 nitrogen and oxygen atoms in total. The molecule has 2 aromatic carbocycles. The van der Waals surface area contributed by atoms with Gasteiger partial charge in [0.25, 0.3) is 17.7 Å². The molecule has 5 rings (SSSR count). The molecule has 1 saturated heterocycles. The SMILES string of the molecule is C[C@H]1CCCCNC(=O)c2cccc(c2)C(=O)Nc2nc3cccc(N4CCC(F)C4=O)c3n21. The number of para-hydroxylation sites is 1. The van der Waals surface area contributed by atoms with E-state index in [1.165, 1.54) is 4.90 Å². The highest BCUT2D eigenvalue weighted by Crippen LogP contribution is 2.36. The molecule has 1 aromatic heterocycles. The lowest BCUT2D eigenvalue weighted by molar-refractivity contribution is -0.121. The number of anilines is 2. The number of nitrogens with zero attached hydrogens (tertiary/aromatic N) is 3. The molecular weight excluding hydrogens is 437 g/mol. The topological polar surface area (TPSA) is 96.3 Å². The van der Waals surface area contributed by atoms with E-state index in [1.807, 2.05) is 17.6 Å². The van der Waals surface area contributed by atoms with Gasteiger partial charge in [0.1, 0.15) is 0 Å². The average Bonchev–Trinajstić information content (AvgIpc) is 3.37. The minimum absolute atomic E-state index is 0.0645. The third-order valence-corrected chi connectivity index (χ3v) is 6.51. The number of hydrogen-bond donors (Lipinski definition) is 2. The van der Waals surface area contributed by atoms with E-state index < -0.39 is 18.0 Å². The number of benzene rings is 2. The van der Waals surface area contributed by atoms with Crippen LogP contribution in [0.3, 0.4) is 0 Å². The number of rotatable bonds is 1. The number of halogens is 1. The van der Waals surface area contributed by atoms with Crippen molar-refractivity contribution in [3.63, 3.8) is 0 Å². The Morgan fingerprint density at radius 2 is 1.76 bits per heavy atom. The first-order chi connectivity index (χ1) is 16.4. The molecule has 3 amide bonds. The van der Waals surface area contributed by atoms with Crippen molar-refractivity contribution in [2.75, 3.05) is 23.3 Å². The van der Waals surface area contributed by atoms with Crippen molar-refractivity contribution >= 4 is 40.4 Å². The summed E-state index contributed by atoms with van der Waals surface area (Å²) >= 11 is 0. The second-order valence-electron chi connectivity index (χ2n) is 8.83. The van der Waals surface area contributed by atoms with Gasteiger partial charge in [-0.15, -0.1) is 0 Å². The van der Waals surface area contributed by atoms with Crippen LogP contribution in [0.4, 0.5) is 16.0 Å². The van der Waals surface area contributed by atoms with Gasteiger partial charge in [0.2, 0.25) is 5.95 Å². The zero-order valence-electron chi connectivity index (χ0n) is 18.9. The summed E-state index contributed by atoms with van der Waals surface area (Å²) in [4.78, 5) is 44.2. The van der Waals surface area contributed by atoms with E-state index >= 15 is 0 Å². The Morgan fingerprint density at radius 1 is 1.00 bits per heavy atom. The van der Waals surface area contributed by atoms with Crippen LogP contribution in [0, 0.1) is 0 Å². The van der Waals surface area contributed by atoms with Crippen molar-refractivity contribution in [3.05, 3.63) is 53.6 Å². The number of carbonyl (C=O) groups excluding carboxylic acids is 3. The summed E-state index contributed by atoms with van der Waals surface area (Å²) in [6.07, 6.45) is 1.06. The highest BCUT2D eigenvalue weighted by atomic mass is 19.1. The van der Waals surface area contributed by atoms with Crippen molar-refractivity contribution < 1.29 is 18.8 Å². The Morgan fingerprint density at radius 3 is 2.53 bits per heavy atom. The van der Waals surface area contributed by atoms with Crippen LogP contribution in [0.15, 0.2) is 42.5 Å². The summed E-state index contributed by atoms with van der Waals surface area (Å²) in [7, 11) is 0. The first-order valence-corrected chi connectivity index (χ1v) is 11.6. The lowest BCUT2D eigenvalue weighted by atomic mass is 10.1. The number of aromatic nitrogens is 2. The molecule has 0 saturated carbocycles. The first-order valence-electron chi connectivity index (χ1n) is 11.6. The van der Waals surface area contributed by atoms with Gasteiger partial charge in [-0.2, -0.15) is 0 Å². The molecule has 176 valence electrons. The highest BCUT2D eigenvalue weighted by molar-refractivity contribution is 6.08. The molecule has 0 radical (unpaired) electrons. The molecule has 34 heavy (non-hydrogen) atoms. The minimum Gasteiger partial charge on any atom is -0.352 e. The van der Waals surface area contributed by atoms with Crippen LogP contribution in [-0.2, 0) is 4.79 Å². The Labute approximate surface area is 196 Å². The van der Waals surface area contributed by atoms with E-state index in [2.05, 4.69) is 15.6 Å². The summed E-state index contributed by atoms with van der Waals surface area (Å²) in [5, 5.41) is 5.80. The number of alkyl halides is 1. The van der Waals surface area contributed by atoms with Gasteiger partial charge in [0.15, 0.2) is 6.17 Å². The molecule has 3 aromatic rings. The van der Waals surface area contributed by atoms with Crippen LogP contribution in [-0.4, -0.2) is 46.5 Å². The first kappa shape index (κ1) is 22.1. The number of carbonyl (C=O) groups is 3. The number of imidazole rings is 1. The number of fused-ring (bicyclic) bond motifs is 5. The van der Waals surface area contributed by atoms with Crippen LogP contribution in [0.1, 0.15) is 59.4 Å². The number of hydrogen-bond acceptors (Lipinski definition) is 4. The Kier molecular flexibility index (Phi) is 5.77. The third kappa shape index (κ3) is 3.91. The Hall–Kier alpha value is -3.75. The molecule has 1 fully saturated rings. The lowest BCUT2D eigenvalue weighted by Gasteiger charge is -2.22. The fraction of sp³-hybridized carbons (Fsp3) is 0.360. The molecule has 2 N–H and O–H groups in total. The summed E-state index contributed by atoms with van der Waals surface area (Å²) < 4.78 is 16.0. The number of amides is 3. The normalized spacial score (nSPS) is 21.7. The van der Waals surface area contributed by atoms with E-state index in [0.29, 0.717) is 46.9 Å². The largest absolute Gasteiger partial charge is 0.352 e. The zero-order chi connectivity index (χ0) is 23.8. The fourth-order valence-corrected chi connectivity index (χ4v) is 4.72. The van der Waals surface area contributed by atoms with Gasteiger partial charge >= 0.3 is 0 Å². The molecule has 2 aliphatic heterocycles. The number of nitrogens with one attached hydrogen (secondary N) is 2. The van der Waals surface area contributed by atoms with Gasteiger partial charge in [0.05, 0.1) is 16.7 Å². The highest BCUT2D eigenvalue weighted by Gasteiger charge is 2.34. The maximum atomic E-state index is 14.0. The van der Waals surface area contributed by atoms with Gasteiger partial charge in [-0.25, -0.2) is 9.37 Å². The summed E-state index contributed by atoms with van der Waals surface area (Å²) in [6, 6.07) is 11.9. The molecule has 0 spiro atoms. The van der Waals surface area contributed by atoms with Crippen molar-refractivity contribution in [2.24, 2.45) is 0 Å². The summed E-state index contributed by atoms with van der Waals surface area (Å²) in [5.74, 6) is -0.792. The molecule has 2 bridgehead atoms. The van der Waals surface area contributed by atoms with Crippen LogP contribution < -0.4 is 15.5 Å². The predicted octanol–water partition coefficient (Wildman–Crippen LogP) is 3.84. The van der Waals surface area contributed by atoms with Crippen molar-refractivity contribution in [3.8, 4) is 0 Å². The Bertz CT molecular complexity index is 1290. The molecule has 3 heterocycles.